The Morgan fingerprint density at radius 2 is 1.68 bits per heavy atom. The van der Waals surface area contributed by atoms with Crippen molar-refractivity contribution in [3.05, 3.63) is 72.1 Å². The van der Waals surface area contributed by atoms with Crippen LogP contribution < -0.4 is 0 Å². The van der Waals surface area contributed by atoms with Crippen LogP contribution in [0.1, 0.15) is 17.2 Å². The van der Waals surface area contributed by atoms with Gasteiger partial charge < -0.3 is 0 Å². The van der Waals surface area contributed by atoms with Gasteiger partial charge in [-0.25, -0.2) is 0 Å². The molecule has 3 heteroatoms. The normalized spacial score (nSPS) is 11.9. The second-order valence-electron chi connectivity index (χ2n) is 4.29. The highest BCUT2D eigenvalue weighted by atomic mass is 15.1. The lowest BCUT2D eigenvalue weighted by molar-refractivity contribution is 0.903. The average Bonchev–Trinajstić information content (AvgIpc) is 2.49. The van der Waals surface area contributed by atoms with Gasteiger partial charge in [0.1, 0.15) is 5.92 Å². The molecule has 0 aliphatic heterocycles. The minimum Gasteiger partial charge on any atom is -0.197 e. The van der Waals surface area contributed by atoms with Crippen LogP contribution in [0, 0.1) is 11.3 Å². The first-order chi connectivity index (χ1) is 9.40. The van der Waals surface area contributed by atoms with E-state index in [1.807, 2.05) is 54.6 Å². The van der Waals surface area contributed by atoms with Crippen LogP contribution in [0.5, 0.6) is 0 Å². The van der Waals surface area contributed by atoms with Crippen molar-refractivity contribution in [2.24, 2.45) is 0 Å². The summed E-state index contributed by atoms with van der Waals surface area (Å²) >= 11 is 0. The summed E-state index contributed by atoms with van der Waals surface area (Å²) in [5.74, 6) is -0.389. The molecule has 90 valence electrons. The van der Waals surface area contributed by atoms with E-state index in [1.54, 1.807) is 6.20 Å². The predicted molar refractivity (Wildman–Crippen MR) is 73.4 cm³/mol. The highest BCUT2D eigenvalue weighted by molar-refractivity contribution is 5.84. The SMILES string of the molecule is N#CC(c1ccccc1)c1nncc2ccccc12. The molecule has 0 saturated carbocycles. The van der Waals surface area contributed by atoms with Crippen LogP contribution >= 0.6 is 0 Å². The highest BCUT2D eigenvalue weighted by Gasteiger charge is 2.17. The monoisotopic (exact) mass is 245 g/mol. The standard InChI is InChI=1S/C16H11N3/c17-10-15(12-6-2-1-3-7-12)16-14-9-5-4-8-13(14)11-18-19-16/h1-9,11,15H. The van der Waals surface area contributed by atoms with E-state index >= 15 is 0 Å². The number of hydrogen-bond acceptors (Lipinski definition) is 3. The molecule has 0 fully saturated rings. The van der Waals surface area contributed by atoms with Gasteiger partial charge in [0.15, 0.2) is 0 Å². The number of aromatic nitrogens is 2. The molecular weight excluding hydrogens is 234 g/mol. The molecule has 1 heterocycles. The van der Waals surface area contributed by atoms with Crippen LogP contribution in [0.15, 0.2) is 60.8 Å². The van der Waals surface area contributed by atoms with Crippen molar-refractivity contribution in [1.82, 2.24) is 10.2 Å². The lowest BCUT2D eigenvalue weighted by Gasteiger charge is -2.10. The van der Waals surface area contributed by atoms with E-state index in [4.69, 9.17) is 0 Å². The van der Waals surface area contributed by atoms with Crippen molar-refractivity contribution in [3.63, 3.8) is 0 Å². The van der Waals surface area contributed by atoms with Gasteiger partial charge >= 0.3 is 0 Å². The van der Waals surface area contributed by atoms with Gasteiger partial charge in [-0.15, -0.1) is 0 Å². The van der Waals surface area contributed by atoms with E-state index in [-0.39, 0.29) is 5.92 Å². The molecule has 3 nitrogen and oxygen atoms in total. The third kappa shape index (κ3) is 2.04. The average molecular weight is 245 g/mol. The number of nitrogens with zero attached hydrogens (tertiary/aromatic N) is 3. The van der Waals surface area contributed by atoms with Crippen molar-refractivity contribution in [2.75, 3.05) is 0 Å². The third-order valence-electron chi connectivity index (χ3n) is 3.13. The Kier molecular flexibility index (Phi) is 2.91. The highest BCUT2D eigenvalue weighted by Crippen LogP contribution is 2.27. The molecule has 3 rings (SSSR count). The van der Waals surface area contributed by atoms with Gasteiger partial charge in [0.25, 0.3) is 0 Å². The molecule has 1 unspecified atom stereocenters. The Labute approximate surface area is 111 Å². The van der Waals surface area contributed by atoms with E-state index in [2.05, 4.69) is 16.3 Å². The molecule has 0 amide bonds. The molecule has 1 aromatic heterocycles. The molecule has 0 radical (unpaired) electrons. The molecule has 0 aliphatic rings. The van der Waals surface area contributed by atoms with E-state index in [0.29, 0.717) is 5.69 Å². The second kappa shape index (κ2) is 4.87. The summed E-state index contributed by atoms with van der Waals surface area (Å²) in [4.78, 5) is 0. The van der Waals surface area contributed by atoms with Crippen molar-refractivity contribution in [1.29, 1.82) is 5.26 Å². The summed E-state index contributed by atoms with van der Waals surface area (Å²) in [7, 11) is 0. The van der Waals surface area contributed by atoms with Crippen LogP contribution in [0.3, 0.4) is 0 Å². The number of nitriles is 1. The first-order valence-corrected chi connectivity index (χ1v) is 6.05. The zero-order chi connectivity index (χ0) is 13.1. The minimum absolute atomic E-state index is 0.389. The number of benzene rings is 2. The lowest BCUT2D eigenvalue weighted by atomic mass is 9.94. The predicted octanol–water partition coefficient (Wildman–Crippen LogP) is 3.29. The molecule has 1 atom stereocenters. The summed E-state index contributed by atoms with van der Waals surface area (Å²) in [5, 5.41) is 19.6. The maximum atomic E-state index is 9.47. The van der Waals surface area contributed by atoms with E-state index in [1.165, 1.54) is 0 Å². The second-order valence-corrected chi connectivity index (χ2v) is 4.29. The van der Waals surface area contributed by atoms with Crippen molar-refractivity contribution in [3.8, 4) is 6.07 Å². The van der Waals surface area contributed by atoms with Gasteiger partial charge in [-0.05, 0) is 5.56 Å². The Bertz CT molecular complexity index is 739. The third-order valence-corrected chi connectivity index (χ3v) is 3.13. The van der Waals surface area contributed by atoms with Gasteiger partial charge in [0.2, 0.25) is 0 Å². The molecule has 0 bridgehead atoms. The summed E-state index contributed by atoms with van der Waals surface area (Å²) in [5.41, 5.74) is 1.66. The Morgan fingerprint density at radius 1 is 0.947 bits per heavy atom. The van der Waals surface area contributed by atoms with Crippen LogP contribution in [0.25, 0.3) is 10.8 Å². The fourth-order valence-electron chi connectivity index (χ4n) is 2.20. The van der Waals surface area contributed by atoms with Gasteiger partial charge in [-0.3, -0.25) is 0 Å². The van der Waals surface area contributed by atoms with Gasteiger partial charge in [0.05, 0.1) is 18.0 Å². The Morgan fingerprint density at radius 3 is 2.47 bits per heavy atom. The van der Waals surface area contributed by atoms with E-state index in [9.17, 15) is 5.26 Å². The molecule has 0 saturated heterocycles. The summed E-state index contributed by atoms with van der Waals surface area (Å²) in [6, 6.07) is 19.9. The number of hydrogen-bond donors (Lipinski definition) is 0. The molecule has 0 aliphatic carbocycles. The topological polar surface area (TPSA) is 49.6 Å². The minimum atomic E-state index is -0.389. The van der Waals surface area contributed by atoms with Crippen LogP contribution in [0.2, 0.25) is 0 Å². The Balaban J connectivity index is 2.21. The van der Waals surface area contributed by atoms with Gasteiger partial charge in [-0.1, -0.05) is 54.6 Å². The summed E-state index contributed by atoms with van der Waals surface area (Å²) < 4.78 is 0. The lowest BCUT2D eigenvalue weighted by Crippen LogP contribution is -2.03. The summed E-state index contributed by atoms with van der Waals surface area (Å²) in [6.07, 6.45) is 1.72. The first kappa shape index (κ1) is 11.4. The van der Waals surface area contributed by atoms with Crippen LogP contribution in [0.4, 0.5) is 0 Å². The maximum absolute atomic E-state index is 9.47. The van der Waals surface area contributed by atoms with Crippen LogP contribution in [-0.2, 0) is 0 Å². The summed E-state index contributed by atoms with van der Waals surface area (Å²) in [6.45, 7) is 0. The largest absolute Gasteiger partial charge is 0.197 e. The zero-order valence-electron chi connectivity index (χ0n) is 10.2. The van der Waals surface area contributed by atoms with Crippen molar-refractivity contribution in [2.45, 2.75) is 5.92 Å². The molecule has 3 aromatic rings. The maximum Gasteiger partial charge on any atom is 0.116 e. The van der Waals surface area contributed by atoms with Gasteiger partial charge in [0, 0.05) is 10.8 Å². The molecule has 0 N–H and O–H groups in total. The van der Waals surface area contributed by atoms with Crippen molar-refractivity contribution < 1.29 is 0 Å². The van der Waals surface area contributed by atoms with Crippen LogP contribution in [-0.4, -0.2) is 10.2 Å². The quantitative estimate of drug-likeness (QED) is 0.696. The first-order valence-electron chi connectivity index (χ1n) is 6.05. The molecule has 2 aromatic carbocycles. The molecule has 0 spiro atoms. The number of fused-ring (bicyclic) bond motifs is 1. The van der Waals surface area contributed by atoms with E-state index < -0.39 is 0 Å². The Hall–Kier alpha value is -2.73. The zero-order valence-corrected chi connectivity index (χ0v) is 10.2. The van der Waals surface area contributed by atoms with E-state index in [0.717, 1.165) is 16.3 Å². The fourth-order valence-corrected chi connectivity index (χ4v) is 2.20. The molecule has 19 heavy (non-hydrogen) atoms. The molecular formula is C16H11N3. The van der Waals surface area contributed by atoms with Gasteiger partial charge in [-0.2, -0.15) is 15.5 Å². The number of rotatable bonds is 2. The smallest absolute Gasteiger partial charge is 0.116 e. The fraction of sp³-hybridized carbons (Fsp3) is 0.0625. The van der Waals surface area contributed by atoms with Crippen molar-refractivity contribution >= 4 is 10.8 Å².